The first-order valence-corrected chi connectivity index (χ1v) is 8.15. The van der Waals surface area contributed by atoms with Gasteiger partial charge in [0.25, 0.3) is 0 Å². The molecule has 0 unspecified atom stereocenters. The number of nitrogens with zero attached hydrogens (tertiary/aromatic N) is 2. The van der Waals surface area contributed by atoms with E-state index in [2.05, 4.69) is 16.0 Å². The molecule has 0 saturated carbocycles. The van der Waals surface area contributed by atoms with Crippen molar-refractivity contribution in [1.29, 1.82) is 0 Å². The summed E-state index contributed by atoms with van der Waals surface area (Å²) < 4.78 is 16.4. The van der Waals surface area contributed by atoms with E-state index in [9.17, 15) is 0 Å². The summed E-state index contributed by atoms with van der Waals surface area (Å²) in [7, 11) is 3.26. The van der Waals surface area contributed by atoms with Crippen molar-refractivity contribution in [3.8, 4) is 17.5 Å². The summed E-state index contributed by atoms with van der Waals surface area (Å²) in [5.74, 6) is 2.00. The molecule has 0 spiro atoms. The summed E-state index contributed by atoms with van der Waals surface area (Å²) in [4.78, 5) is 8.50. The van der Waals surface area contributed by atoms with Gasteiger partial charge in [0.2, 0.25) is 11.8 Å². The molecule has 2 heterocycles. The molecule has 1 aliphatic rings. The lowest BCUT2D eigenvalue weighted by atomic mass is 9.88. The first kappa shape index (κ1) is 16.3. The van der Waals surface area contributed by atoms with Crippen LogP contribution in [0.4, 0.5) is 0 Å². The Hall–Kier alpha value is -2.56. The topological polar surface area (TPSA) is 53.5 Å². The van der Waals surface area contributed by atoms with Crippen molar-refractivity contribution in [3.63, 3.8) is 0 Å². The third kappa shape index (κ3) is 3.67. The Kier molecular flexibility index (Phi) is 5.31. The van der Waals surface area contributed by atoms with Crippen LogP contribution in [0.15, 0.2) is 42.2 Å². The van der Waals surface area contributed by atoms with Gasteiger partial charge in [-0.25, -0.2) is 9.97 Å². The second kappa shape index (κ2) is 7.81. The highest BCUT2D eigenvalue weighted by Gasteiger charge is 2.18. The second-order valence-electron chi connectivity index (χ2n) is 5.67. The molecule has 5 heteroatoms. The van der Waals surface area contributed by atoms with Crippen molar-refractivity contribution in [2.24, 2.45) is 0 Å². The third-order valence-corrected chi connectivity index (χ3v) is 4.20. The summed E-state index contributed by atoms with van der Waals surface area (Å²) in [5.41, 5.74) is 3.68. The zero-order valence-corrected chi connectivity index (χ0v) is 14.1. The van der Waals surface area contributed by atoms with Gasteiger partial charge in [-0.2, -0.15) is 0 Å². The van der Waals surface area contributed by atoms with E-state index in [-0.39, 0.29) is 0 Å². The van der Waals surface area contributed by atoms with Gasteiger partial charge >= 0.3 is 0 Å². The molecular formula is C19H22N2O3. The van der Waals surface area contributed by atoms with Gasteiger partial charge in [-0.15, -0.1) is 0 Å². The molecule has 24 heavy (non-hydrogen) atoms. The third-order valence-electron chi connectivity index (χ3n) is 4.20. The molecule has 5 nitrogen and oxygen atoms in total. The Morgan fingerprint density at radius 3 is 2.62 bits per heavy atom. The zero-order valence-electron chi connectivity index (χ0n) is 14.1. The molecule has 0 saturated heterocycles. The summed E-state index contributed by atoms with van der Waals surface area (Å²) in [6.07, 6.45) is 7.88. The van der Waals surface area contributed by atoms with Crippen LogP contribution in [0.1, 0.15) is 31.2 Å². The van der Waals surface area contributed by atoms with Crippen molar-refractivity contribution in [2.75, 3.05) is 20.8 Å². The zero-order chi connectivity index (χ0) is 16.8. The highest BCUT2D eigenvalue weighted by molar-refractivity contribution is 5.72. The van der Waals surface area contributed by atoms with E-state index in [1.807, 2.05) is 12.1 Å². The lowest BCUT2D eigenvalue weighted by molar-refractivity contribution is 0.339. The minimum absolute atomic E-state index is 0.557. The van der Waals surface area contributed by atoms with Crippen LogP contribution in [0.5, 0.6) is 17.5 Å². The molecule has 0 atom stereocenters. The highest BCUT2D eigenvalue weighted by Crippen LogP contribution is 2.36. The Balaban J connectivity index is 1.81. The van der Waals surface area contributed by atoms with Crippen LogP contribution in [0.25, 0.3) is 5.57 Å². The molecular weight excluding hydrogens is 304 g/mol. The van der Waals surface area contributed by atoms with Crippen molar-refractivity contribution < 1.29 is 14.2 Å². The molecule has 0 N–H and O–H groups in total. The average Bonchev–Trinajstić information content (AvgIpc) is 2.67. The minimum Gasteiger partial charge on any atom is -0.488 e. The Morgan fingerprint density at radius 2 is 1.88 bits per heavy atom. The Labute approximate surface area is 142 Å². The first-order valence-electron chi connectivity index (χ1n) is 8.15. The largest absolute Gasteiger partial charge is 0.488 e. The molecule has 1 aliphatic carbocycles. The van der Waals surface area contributed by atoms with E-state index in [0.29, 0.717) is 18.4 Å². The first-order chi connectivity index (χ1) is 11.8. The summed E-state index contributed by atoms with van der Waals surface area (Å²) in [6.45, 7) is 0.557. The fourth-order valence-corrected chi connectivity index (χ4v) is 2.98. The van der Waals surface area contributed by atoms with Crippen LogP contribution in [0.3, 0.4) is 0 Å². The molecule has 0 bridgehead atoms. The van der Waals surface area contributed by atoms with Gasteiger partial charge in [0.15, 0.2) is 0 Å². The van der Waals surface area contributed by atoms with Crippen molar-refractivity contribution >= 4 is 5.57 Å². The standard InChI is InChI=1S/C19H22N2O3/c1-22-18-10-9-15(12-21-18)24-13-14-6-3-4-7-16(14)17-8-5-11-20-19(17)23-2/h5,8-12H,3-4,6-7,13H2,1-2H3. The lowest BCUT2D eigenvalue weighted by Gasteiger charge is -2.22. The number of methoxy groups -OCH3 is 2. The number of rotatable bonds is 6. The number of hydrogen-bond donors (Lipinski definition) is 0. The van der Waals surface area contributed by atoms with Crippen molar-refractivity contribution in [2.45, 2.75) is 25.7 Å². The molecule has 2 aromatic heterocycles. The smallest absolute Gasteiger partial charge is 0.220 e. The molecule has 126 valence electrons. The van der Waals surface area contributed by atoms with Crippen LogP contribution in [-0.2, 0) is 0 Å². The molecule has 0 aliphatic heterocycles. The molecule has 2 aromatic rings. The summed E-state index contributed by atoms with van der Waals surface area (Å²) >= 11 is 0. The molecule has 0 fully saturated rings. The van der Waals surface area contributed by atoms with Crippen molar-refractivity contribution in [1.82, 2.24) is 9.97 Å². The fourth-order valence-electron chi connectivity index (χ4n) is 2.98. The van der Waals surface area contributed by atoms with Gasteiger partial charge in [0, 0.05) is 17.8 Å². The summed E-state index contributed by atoms with van der Waals surface area (Å²) in [6, 6.07) is 7.70. The average molecular weight is 326 g/mol. The van der Waals surface area contributed by atoms with Gasteiger partial charge in [-0.3, -0.25) is 0 Å². The fraction of sp³-hybridized carbons (Fsp3) is 0.368. The Morgan fingerprint density at radius 1 is 1.00 bits per heavy atom. The number of aromatic nitrogens is 2. The van der Waals surface area contributed by atoms with Gasteiger partial charge in [0.05, 0.1) is 20.4 Å². The van der Waals surface area contributed by atoms with Gasteiger partial charge in [-0.1, -0.05) is 0 Å². The van der Waals surface area contributed by atoms with Crippen molar-refractivity contribution in [3.05, 3.63) is 47.8 Å². The quantitative estimate of drug-likeness (QED) is 0.806. The van der Waals surface area contributed by atoms with Gasteiger partial charge in [0.1, 0.15) is 12.4 Å². The van der Waals surface area contributed by atoms with Crippen LogP contribution < -0.4 is 14.2 Å². The van der Waals surface area contributed by atoms with E-state index in [4.69, 9.17) is 14.2 Å². The number of ether oxygens (including phenoxy) is 3. The van der Waals surface area contributed by atoms with Gasteiger partial charge < -0.3 is 14.2 Å². The minimum atomic E-state index is 0.557. The molecule has 0 aromatic carbocycles. The van der Waals surface area contributed by atoms with E-state index in [1.54, 1.807) is 32.7 Å². The van der Waals surface area contributed by atoms with E-state index < -0.39 is 0 Å². The molecule has 0 amide bonds. The predicted octanol–water partition coefficient (Wildman–Crippen LogP) is 3.90. The monoisotopic (exact) mass is 326 g/mol. The van der Waals surface area contributed by atoms with Crippen LogP contribution in [0, 0.1) is 0 Å². The lowest BCUT2D eigenvalue weighted by Crippen LogP contribution is -2.09. The SMILES string of the molecule is COc1ccc(OCC2=C(c3cccnc3OC)CCCC2)cn1. The Bertz CT molecular complexity index is 711. The predicted molar refractivity (Wildman–Crippen MR) is 92.5 cm³/mol. The highest BCUT2D eigenvalue weighted by atomic mass is 16.5. The van der Waals surface area contributed by atoms with Crippen LogP contribution in [-0.4, -0.2) is 30.8 Å². The second-order valence-corrected chi connectivity index (χ2v) is 5.67. The molecule has 0 radical (unpaired) electrons. The van der Waals surface area contributed by atoms with E-state index in [0.717, 1.165) is 24.2 Å². The van der Waals surface area contributed by atoms with E-state index in [1.165, 1.54) is 24.0 Å². The number of allylic oxidation sites excluding steroid dienone is 1. The van der Waals surface area contributed by atoms with E-state index >= 15 is 0 Å². The normalized spacial score (nSPS) is 14.4. The number of pyridine rings is 2. The summed E-state index contributed by atoms with van der Waals surface area (Å²) in [5, 5.41) is 0. The maximum atomic E-state index is 5.93. The van der Waals surface area contributed by atoms with Gasteiger partial charge in [-0.05, 0) is 55.0 Å². The maximum Gasteiger partial charge on any atom is 0.220 e. The number of hydrogen-bond acceptors (Lipinski definition) is 5. The van der Waals surface area contributed by atoms with Crippen LogP contribution >= 0.6 is 0 Å². The molecule has 3 rings (SSSR count). The maximum absolute atomic E-state index is 5.93. The van der Waals surface area contributed by atoms with Crippen LogP contribution in [0.2, 0.25) is 0 Å².